The van der Waals surface area contributed by atoms with Crippen molar-refractivity contribution in [2.75, 3.05) is 6.61 Å². The summed E-state index contributed by atoms with van der Waals surface area (Å²) in [5.74, 6) is 0. The van der Waals surface area contributed by atoms with Gasteiger partial charge in [-0.3, -0.25) is 0 Å². The topological polar surface area (TPSA) is 79.5 Å². The summed E-state index contributed by atoms with van der Waals surface area (Å²) in [5, 5.41) is 20.7. The molecule has 3 heterocycles. The molecule has 3 aromatic rings. The minimum absolute atomic E-state index is 0.293. The van der Waals surface area contributed by atoms with Crippen LogP contribution in [0.5, 0.6) is 0 Å². The smallest absolute Gasteiger partial charge is 0.190 e. The molecular weight excluding hydrogens is 278 g/mol. The quantitative estimate of drug-likeness (QED) is 0.804. The number of ether oxygens (including phenoxy) is 1. The second-order valence-corrected chi connectivity index (χ2v) is 5.51. The lowest BCUT2D eigenvalue weighted by molar-refractivity contribution is 0.0980. The summed E-state index contributed by atoms with van der Waals surface area (Å²) >= 11 is 0. The van der Waals surface area contributed by atoms with Crippen molar-refractivity contribution in [2.45, 2.75) is 25.5 Å². The highest BCUT2D eigenvalue weighted by molar-refractivity contribution is 5.85. The fourth-order valence-electron chi connectivity index (χ4n) is 3.01. The molecular formula is C16H15N5O. The zero-order valence-corrected chi connectivity index (χ0v) is 12.0. The first kappa shape index (κ1) is 13.0. The summed E-state index contributed by atoms with van der Waals surface area (Å²) < 4.78 is 7.93. The molecule has 0 saturated carbocycles. The van der Waals surface area contributed by atoms with Crippen LogP contribution < -0.4 is 0 Å². The van der Waals surface area contributed by atoms with Crippen molar-refractivity contribution in [3.05, 3.63) is 36.2 Å². The molecule has 1 N–H and O–H groups in total. The molecule has 1 aliphatic rings. The Morgan fingerprint density at radius 2 is 2.32 bits per heavy atom. The lowest BCUT2D eigenvalue weighted by Gasteiger charge is -2.12. The molecule has 0 aliphatic carbocycles. The molecule has 1 fully saturated rings. The van der Waals surface area contributed by atoms with E-state index in [9.17, 15) is 0 Å². The maximum atomic E-state index is 9.09. The van der Waals surface area contributed by atoms with Gasteiger partial charge in [0.25, 0.3) is 0 Å². The van der Waals surface area contributed by atoms with Crippen molar-refractivity contribution < 1.29 is 4.74 Å². The van der Waals surface area contributed by atoms with Crippen LogP contribution in [0.1, 0.15) is 18.5 Å². The molecule has 22 heavy (non-hydrogen) atoms. The van der Waals surface area contributed by atoms with Gasteiger partial charge in [-0.1, -0.05) is 12.1 Å². The number of fused-ring (bicyclic) bond motifs is 1. The zero-order chi connectivity index (χ0) is 14.9. The largest absolute Gasteiger partial charge is 0.376 e. The summed E-state index contributed by atoms with van der Waals surface area (Å²) in [4.78, 5) is 0. The number of H-pyrrole nitrogens is 1. The van der Waals surface area contributed by atoms with Gasteiger partial charge in [0, 0.05) is 30.4 Å². The Morgan fingerprint density at radius 3 is 3.14 bits per heavy atom. The lowest BCUT2D eigenvalue weighted by atomic mass is 10.1. The number of nitriles is 1. The average Bonchev–Trinajstić information content (AvgIpc) is 3.28. The minimum atomic E-state index is 0.293. The van der Waals surface area contributed by atoms with Crippen molar-refractivity contribution in [3.8, 4) is 17.3 Å². The molecule has 1 atom stereocenters. The highest BCUT2D eigenvalue weighted by Gasteiger charge is 2.17. The molecule has 0 spiro atoms. The van der Waals surface area contributed by atoms with Gasteiger partial charge in [0.1, 0.15) is 11.8 Å². The second-order valence-electron chi connectivity index (χ2n) is 5.51. The van der Waals surface area contributed by atoms with Crippen molar-refractivity contribution in [3.63, 3.8) is 0 Å². The second kappa shape index (κ2) is 5.28. The Morgan fingerprint density at radius 1 is 1.36 bits per heavy atom. The SMILES string of the molecule is N#Cc1n[nH]nc1-c1ccc2ccn(CC3CCCO3)c2c1. The van der Waals surface area contributed by atoms with Crippen LogP contribution >= 0.6 is 0 Å². The number of nitrogens with one attached hydrogen (secondary N) is 1. The van der Waals surface area contributed by atoms with Crippen LogP contribution in [0, 0.1) is 11.3 Å². The molecule has 4 rings (SSSR count). The first-order chi connectivity index (χ1) is 10.8. The number of hydrogen-bond acceptors (Lipinski definition) is 4. The highest BCUT2D eigenvalue weighted by atomic mass is 16.5. The molecule has 1 saturated heterocycles. The molecule has 0 amide bonds. The van der Waals surface area contributed by atoms with E-state index in [1.54, 1.807) is 0 Å². The van der Waals surface area contributed by atoms with Gasteiger partial charge in [0.15, 0.2) is 5.69 Å². The average molecular weight is 293 g/mol. The minimum Gasteiger partial charge on any atom is -0.376 e. The highest BCUT2D eigenvalue weighted by Crippen LogP contribution is 2.26. The van der Waals surface area contributed by atoms with Crippen LogP contribution in [0.2, 0.25) is 0 Å². The maximum Gasteiger partial charge on any atom is 0.190 e. The predicted octanol–water partition coefficient (Wildman–Crippen LogP) is 2.48. The Balaban J connectivity index is 1.74. The Kier molecular flexibility index (Phi) is 3.13. The van der Waals surface area contributed by atoms with Crippen LogP contribution in [0.25, 0.3) is 22.2 Å². The first-order valence-corrected chi connectivity index (χ1v) is 7.37. The van der Waals surface area contributed by atoms with Crippen LogP contribution in [-0.2, 0) is 11.3 Å². The molecule has 1 aliphatic heterocycles. The Hall–Kier alpha value is -2.65. The molecule has 0 bridgehead atoms. The van der Waals surface area contributed by atoms with Gasteiger partial charge in [-0.25, -0.2) is 0 Å². The van der Waals surface area contributed by atoms with E-state index >= 15 is 0 Å². The normalized spacial score (nSPS) is 17.9. The number of aromatic nitrogens is 4. The fourth-order valence-corrected chi connectivity index (χ4v) is 3.01. The van der Waals surface area contributed by atoms with E-state index < -0.39 is 0 Å². The Bertz CT molecular complexity index is 851. The third-order valence-electron chi connectivity index (χ3n) is 4.13. The van der Waals surface area contributed by atoms with Crippen LogP contribution in [0.4, 0.5) is 0 Å². The number of rotatable bonds is 3. The molecule has 6 heteroatoms. The molecule has 2 aromatic heterocycles. The Labute approximate surface area is 127 Å². The summed E-state index contributed by atoms with van der Waals surface area (Å²) in [6, 6.07) is 10.2. The van der Waals surface area contributed by atoms with Crippen LogP contribution in [0.3, 0.4) is 0 Å². The summed E-state index contributed by atoms with van der Waals surface area (Å²) in [5.41, 5.74) is 2.93. The van der Waals surface area contributed by atoms with E-state index in [2.05, 4.69) is 44.4 Å². The monoisotopic (exact) mass is 293 g/mol. The number of aromatic amines is 1. The third-order valence-corrected chi connectivity index (χ3v) is 4.13. The van der Waals surface area contributed by atoms with Crippen LogP contribution in [0.15, 0.2) is 30.5 Å². The van der Waals surface area contributed by atoms with E-state index in [1.165, 1.54) is 5.39 Å². The van der Waals surface area contributed by atoms with Gasteiger partial charge in [0.05, 0.1) is 6.10 Å². The predicted molar refractivity (Wildman–Crippen MR) is 81.0 cm³/mol. The summed E-state index contributed by atoms with van der Waals surface area (Å²) in [6.45, 7) is 1.72. The lowest BCUT2D eigenvalue weighted by Crippen LogP contribution is -2.13. The van der Waals surface area contributed by atoms with Gasteiger partial charge < -0.3 is 9.30 Å². The van der Waals surface area contributed by atoms with Crippen molar-refractivity contribution >= 4 is 10.9 Å². The van der Waals surface area contributed by atoms with Gasteiger partial charge in [0.2, 0.25) is 0 Å². The van der Waals surface area contributed by atoms with Crippen molar-refractivity contribution in [2.24, 2.45) is 0 Å². The first-order valence-electron chi connectivity index (χ1n) is 7.37. The van der Waals surface area contributed by atoms with Gasteiger partial charge in [-0.05, 0) is 30.4 Å². The van der Waals surface area contributed by atoms with Gasteiger partial charge >= 0.3 is 0 Å². The van der Waals surface area contributed by atoms with Gasteiger partial charge in [-0.2, -0.15) is 15.6 Å². The van der Waals surface area contributed by atoms with Crippen molar-refractivity contribution in [1.29, 1.82) is 5.26 Å². The number of hydrogen-bond donors (Lipinski definition) is 1. The molecule has 110 valence electrons. The van der Waals surface area contributed by atoms with E-state index in [0.29, 0.717) is 17.5 Å². The molecule has 1 unspecified atom stereocenters. The molecule has 1 aromatic carbocycles. The summed E-state index contributed by atoms with van der Waals surface area (Å²) in [6.07, 6.45) is 4.63. The maximum absolute atomic E-state index is 9.09. The number of nitrogens with zero attached hydrogens (tertiary/aromatic N) is 4. The van der Waals surface area contributed by atoms with E-state index in [0.717, 1.165) is 37.1 Å². The van der Waals surface area contributed by atoms with E-state index in [1.807, 2.05) is 12.1 Å². The van der Waals surface area contributed by atoms with Crippen molar-refractivity contribution in [1.82, 2.24) is 20.0 Å². The summed E-state index contributed by atoms with van der Waals surface area (Å²) in [7, 11) is 0. The standard InChI is InChI=1S/C16H15N5O/c17-9-14-16(19-20-18-14)12-4-3-11-5-6-21(15(11)8-12)10-13-2-1-7-22-13/h3-6,8,13H,1-2,7,10H2,(H,18,19,20). The van der Waals surface area contributed by atoms with E-state index in [4.69, 9.17) is 10.00 Å². The fraction of sp³-hybridized carbons (Fsp3) is 0.312. The third kappa shape index (κ3) is 2.16. The number of benzene rings is 1. The zero-order valence-electron chi connectivity index (χ0n) is 12.0. The molecule has 6 nitrogen and oxygen atoms in total. The van der Waals surface area contributed by atoms with Crippen LogP contribution in [-0.4, -0.2) is 32.7 Å². The van der Waals surface area contributed by atoms with E-state index in [-0.39, 0.29) is 0 Å². The van der Waals surface area contributed by atoms with Gasteiger partial charge in [-0.15, -0.1) is 5.10 Å². The molecule has 0 radical (unpaired) electrons.